The van der Waals surface area contributed by atoms with Gasteiger partial charge in [-0.25, -0.2) is 0 Å². The molecular formula is C21H26F3N5O4. The van der Waals surface area contributed by atoms with E-state index in [0.717, 1.165) is 17.7 Å². The van der Waals surface area contributed by atoms with Gasteiger partial charge in [-0.3, -0.25) is 19.0 Å². The number of ketones is 1. The molecule has 33 heavy (non-hydrogen) atoms. The van der Waals surface area contributed by atoms with Crippen molar-refractivity contribution >= 4 is 24.0 Å². The smallest absolute Gasteiger partial charge is 0.374 e. The van der Waals surface area contributed by atoms with E-state index in [9.17, 15) is 27.6 Å². The molecule has 0 aliphatic carbocycles. The number of likely N-dealkylation sites (tertiary alicyclic amines) is 1. The first-order chi connectivity index (χ1) is 15.7. The molecule has 5 rings (SSSR count). The van der Waals surface area contributed by atoms with E-state index < -0.39 is 30.2 Å². The maximum absolute atomic E-state index is 14.0. The molecule has 180 valence electrons. The van der Waals surface area contributed by atoms with Crippen molar-refractivity contribution in [2.45, 2.75) is 56.6 Å². The lowest BCUT2D eigenvalue weighted by Gasteiger charge is -2.40. The molecule has 3 atom stereocenters. The zero-order valence-corrected chi connectivity index (χ0v) is 18.0. The average Bonchev–Trinajstić information content (AvgIpc) is 3.42. The van der Waals surface area contributed by atoms with Crippen molar-refractivity contribution < 1.29 is 27.5 Å². The summed E-state index contributed by atoms with van der Waals surface area (Å²) >= 11 is 0. The number of Topliss-reactive ketones (excluding diaryl/α,β-unsaturated/α-hetero) is 1. The largest absolute Gasteiger partial charge is 0.408 e. The number of alkyl halides is 3. The van der Waals surface area contributed by atoms with Gasteiger partial charge >= 0.3 is 6.18 Å². The molecule has 0 spiro atoms. The number of hydrogen-bond acceptors (Lipinski definition) is 7. The molecule has 4 aliphatic heterocycles. The number of hydrogen-bond donors (Lipinski definition) is 0. The molecule has 3 fully saturated rings. The van der Waals surface area contributed by atoms with Gasteiger partial charge in [-0.1, -0.05) is 0 Å². The van der Waals surface area contributed by atoms with E-state index in [1.165, 1.54) is 10.6 Å². The normalized spacial score (nSPS) is 27.7. The van der Waals surface area contributed by atoms with Crippen molar-refractivity contribution in [2.24, 2.45) is 5.92 Å². The molecule has 5 heterocycles. The minimum absolute atomic E-state index is 0.0356. The van der Waals surface area contributed by atoms with E-state index in [2.05, 4.69) is 4.98 Å². The fraction of sp³-hybridized carbons (Fsp3) is 0.714. The maximum atomic E-state index is 14.0. The van der Waals surface area contributed by atoms with Gasteiger partial charge in [0.05, 0.1) is 25.3 Å². The summed E-state index contributed by atoms with van der Waals surface area (Å²) in [5, 5.41) is 0. The summed E-state index contributed by atoms with van der Waals surface area (Å²) < 4.78 is 48.7. The topological polar surface area (TPSA) is 88.0 Å². The number of amides is 1. The molecule has 9 nitrogen and oxygen atoms in total. The van der Waals surface area contributed by atoms with Crippen LogP contribution in [0.25, 0.3) is 0 Å². The summed E-state index contributed by atoms with van der Waals surface area (Å²) in [5.74, 6) is -0.515. The van der Waals surface area contributed by atoms with Gasteiger partial charge in [0, 0.05) is 38.2 Å². The molecule has 12 heteroatoms. The fourth-order valence-corrected chi connectivity index (χ4v) is 5.43. The number of carbonyl (C=O) groups excluding carboxylic acids is 2. The molecule has 0 radical (unpaired) electrons. The highest BCUT2D eigenvalue weighted by atomic mass is 19.4. The fourth-order valence-electron chi connectivity index (χ4n) is 5.43. The predicted octanol–water partition coefficient (Wildman–Crippen LogP) is 0.799. The van der Waals surface area contributed by atoms with Crippen molar-refractivity contribution in [3.05, 3.63) is 16.4 Å². The van der Waals surface area contributed by atoms with Crippen LogP contribution in [0.15, 0.2) is 10.9 Å². The third-order valence-electron chi connectivity index (χ3n) is 7.27. The van der Waals surface area contributed by atoms with E-state index in [-0.39, 0.29) is 36.8 Å². The van der Waals surface area contributed by atoms with Crippen LogP contribution in [-0.4, -0.2) is 83.8 Å². The molecule has 2 unspecified atom stereocenters. The van der Waals surface area contributed by atoms with Gasteiger partial charge in [0.15, 0.2) is 5.78 Å². The number of fused-ring (bicyclic) bond motifs is 3. The van der Waals surface area contributed by atoms with E-state index >= 15 is 0 Å². The first kappa shape index (κ1) is 22.2. The molecule has 1 aromatic heterocycles. The second kappa shape index (κ2) is 8.30. The van der Waals surface area contributed by atoms with Crippen LogP contribution in [0.4, 0.5) is 24.9 Å². The third-order valence-corrected chi connectivity index (χ3v) is 7.27. The quantitative estimate of drug-likeness (QED) is 0.590. The van der Waals surface area contributed by atoms with Gasteiger partial charge in [-0.05, 0) is 25.7 Å². The monoisotopic (exact) mass is 469 g/mol. The number of nitrogens with zero attached hydrogens (tertiary/aromatic N) is 5. The summed E-state index contributed by atoms with van der Waals surface area (Å²) in [7, 11) is 0. The van der Waals surface area contributed by atoms with Crippen molar-refractivity contribution in [3.63, 3.8) is 0 Å². The third kappa shape index (κ3) is 4.09. The standard InChI is InChI=1S/C21H26F3N5O4/c22-21(23,24)17-3-6-27-19(32)8-18(28-9-15-7-14(28)11-33-15)25-20(27)29(17)10-16(31)13-1-4-26(12-30)5-2-13/h8,12-15,17H,1-7,9-11H2/t14?,15-,17?/m0/s1. The first-order valence-corrected chi connectivity index (χ1v) is 11.3. The lowest BCUT2D eigenvalue weighted by atomic mass is 9.92. The summed E-state index contributed by atoms with van der Waals surface area (Å²) in [6.07, 6.45) is -2.51. The van der Waals surface area contributed by atoms with Gasteiger partial charge in [0.2, 0.25) is 12.4 Å². The lowest BCUT2D eigenvalue weighted by Crippen LogP contribution is -2.55. The van der Waals surface area contributed by atoms with Crippen LogP contribution in [-0.2, 0) is 20.9 Å². The zero-order valence-electron chi connectivity index (χ0n) is 18.0. The first-order valence-electron chi connectivity index (χ1n) is 11.3. The Balaban J connectivity index is 1.45. The number of carbonyl (C=O) groups is 2. The van der Waals surface area contributed by atoms with Crippen molar-refractivity contribution in [3.8, 4) is 0 Å². The SMILES string of the molecule is O=CN1CCC(C(=O)CN2c3nc(N4C[C@@H]5CC4CO5)cc(=O)n3CCC2C(F)(F)F)CC1. The summed E-state index contributed by atoms with van der Waals surface area (Å²) in [5.41, 5.74) is -0.420. The second-order valence-electron chi connectivity index (χ2n) is 9.26. The summed E-state index contributed by atoms with van der Waals surface area (Å²) in [6.45, 7) is 1.26. The highest BCUT2D eigenvalue weighted by Gasteiger charge is 2.48. The van der Waals surface area contributed by atoms with Crippen molar-refractivity contribution in [1.82, 2.24) is 14.5 Å². The minimum atomic E-state index is -4.57. The van der Waals surface area contributed by atoms with Gasteiger partial charge in [-0.15, -0.1) is 0 Å². The Labute approximate surface area is 188 Å². The van der Waals surface area contributed by atoms with Crippen LogP contribution in [0, 0.1) is 5.92 Å². The molecule has 0 saturated carbocycles. The average molecular weight is 469 g/mol. The molecule has 2 bridgehead atoms. The molecule has 0 N–H and O–H groups in total. The van der Waals surface area contributed by atoms with Crippen molar-refractivity contribution in [2.75, 3.05) is 42.6 Å². The summed E-state index contributed by atoms with van der Waals surface area (Å²) in [6, 6.07) is -0.477. The van der Waals surface area contributed by atoms with E-state index in [1.54, 1.807) is 4.90 Å². The molecule has 0 aromatic carbocycles. The Hall–Kier alpha value is -2.63. The Kier molecular flexibility index (Phi) is 5.58. The van der Waals surface area contributed by atoms with Gasteiger partial charge < -0.3 is 19.4 Å². The highest BCUT2D eigenvalue weighted by Crippen LogP contribution is 2.36. The molecule has 4 aliphatic rings. The van der Waals surface area contributed by atoms with E-state index in [1.807, 2.05) is 4.90 Å². The number of aromatic nitrogens is 2. The number of morpholine rings is 1. The van der Waals surface area contributed by atoms with E-state index in [4.69, 9.17) is 4.74 Å². The van der Waals surface area contributed by atoms with Crippen LogP contribution in [0.2, 0.25) is 0 Å². The Morgan fingerprint density at radius 3 is 2.58 bits per heavy atom. The maximum Gasteiger partial charge on any atom is 0.408 e. The number of halogens is 3. The molecular weight excluding hydrogens is 443 g/mol. The molecule has 1 amide bonds. The summed E-state index contributed by atoms with van der Waals surface area (Å²) in [4.78, 5) is 45.7. The van der Waals surface area contributed by atoms with Crippen LogP contribution in [0.5, 0.6) is 0 Å². The Morgan fingerprint density at radius 1 is 1.21 bits per heavy atom. The van der Waals surface area contributed by atoms with Crippen molar-refractivity contribution in [1.29, 1.82) is 0 Å². The minimum Gasteiger partial charge on any atom is -0.374 e. The van der Waals surface area contributed by atoms with E-state index in [0.29, 0.717) is 44.9 Å². The highest BCUT2D eigenvalue weighted by molar-refractivity contribution is 5.85. The van der Waals surface area contributed by atoms with Crippen LogP contribution < -0.4 is 15.4 Å². The number of rotatable bonds is 5. The number of anilines is 2. The van der Waals surface area contributed by atoms with Crippen LogP contribution >= 0.6 is 0 Å². The predicted molar refractivity (Wildman–Crippen MR) is 111 cm³/mol. The molecule has 1 aromatic rings. The van der Waals surface area contributed by atoms with Crippen LogP contribution in [0.3, 0.4) is 0 Å². The van der Waals surface area contributed by atoms with Crippen LogP contribution in [0.1, 0.15) is 25.7 Å². The van der Waals surface area contributed by atoms with Gasteiger partial charge in [0.25, 0.3) is 5.56 Å². The van der Waals surface area contributed by atoms with Gasteiger partial charge in [0.1, 0.15) is 11.9 Å². The number of ether oxygens (including phenoxy) is 1. The number of piperidine rings is 1. The lowest BCUT2D eigenvalue weighted by molar-refractivity contribution is -0.153. The zero-order chi connectivity index (χ0) is 23.3. The Morgan fingerprint density at radius 2 is 1.97 bits per heavy atom. The molecule has 3 saturated heterocycles. The van der Waals surface area contributed by atoms with Gasteiger partial charge in [-0.2, -0.15) is 18.2 Å². The Bertz CT molecular complexity index is 991. The second-order valence-corrected chi connectivity index (χ2v) is 9.26.